The molecule has 1 fully saturated rings. The fraction of sp³-hybridized carbons (Fsp3) is 0.393. The molecule has 9 heteroatoms. The zero-order chi connectivity index (χ0) is 25.9. The second kappa shape index (κ2) is 10.5. The maximum Gasteiger partial charge on any atom is 0.346 e. The summed E-state index contributed by atoms with van der Waals surface area (Å²) in [5.74, 6) is 0.357. The fourth-order valence-corrected chi connectivity index (χ4v) is 5.29. The molecule has 0 unspecified atom stereocenters. The van der Waals surface area contributed by atoms with Crippen molar-refractivity contribution in [3.05, 3.63) is 87.6 Å². The first kappa shape index (κ1) is 24.7. The summed E-state index contributed by atoms with van der Waals surface area (Å²) in [4.78, 5) is 53.9. The minimum atomic E-state index is -0.289. The van der Waals surface area contributed by atoms with Crippen molar-refractivity contribution in [1.29, 1.82) is 0 Å². The molecule has 0 aliphatic carbocycles. The van der Waals surface area contributed by atoms with E-state index in [1.807, 2.05) is 42.2 Å². The molecule has 3 amide bonds. The van der Waals surface area contributed by atoms with E-state index in [1.165, 1.54) is 9.58 Å². The Morgan fingerprint density at radius 1 is 0.919 bits per heavy atom. The molecule has 0 atom stereocenters. The van der Waals surface area contributed by atoms with Gasteiger partial charge in [-0.2, -0.15) is 5.10 Å². The summed E-state index contributed by atoms with van der Waals surface area (Å²) in [6, 6.07) is 16.6. The maximum absolute atomic E-state index is 12.9. The van der Waals surface area contributed by atoms with E-state index < -0.39 is 0 Å². The number of benzene rings is 2. The number of nitrogens with zero attached hydrogens (tertiary/aromatic N) is 5. The van der Waals surface area contributed by atoms with Crippen LogP contribution in [0.25, 0.3) is 0 Å². The molecule has 1 aromatic heterocycles. The first-order valence-corrected chi connectivity index (χ1v) is 12.9. The van der Waals surface area contributed by atoms with E-state index >= 15 is 0 Å². The molecule has 2 aromatic carbocycles. The van der Waals surface area contributed by atoms with Crippen LogP contribution >= 0.6 is 0 Å². The fourth-order valence-electron chi connectivity index (χ4n) is 5.29. The number of likely N-dealkylation sites (tertiary alicyclic amines) is 1. The molecular formula is C28H31N5O4. The number of rotatable bonds is 8. The summed E-state index contributed by atoms with van der Waals surface area (Å²) < 4.78 is 3.28. The largest absolute Gasteiger partial charge is 0.346 e. The van der Waals surface area contributed by atoms with Crippen molar-refractivity contribution < 1.29 is 14.4 Å². The minimum Gasteiger partial charge on any atom is -0.343 e. The van der Waals surface area contributed by atoms with Crippen LogP contribution in [0.2, 0.25) is 0 Å². The van der Waals surface area contributed by atoms with Gasteiger partial charge in [0, 0.05) is 38.5 Å². The Labute approximate surface area is 215 Å². The number of carbonyl (C=O) groups excluding carboxylic acids is 3. The Balaban J connectivity index is 1.15. The molecular weight excluding hydrogens is 470 g/mol. The quantitative estimate of drug-likeness (QED) is 0.442. The van der Waals surface area contributed by atoms with Crippen LogP contribution in [0.1, 0.15) is 70.6 Å². The Hall–Kier alpha value is -4.01. The number of piperidine rings is 1. The molecule has 5 rings (SSSR count). The number of aromatic nitrogens is 3. The van der Waals surface area contributed by atoms with Crippen LogP contribution in [-0.4, -0.2) is 61.5 Å². The molecule has 3 heterocycles. The third-order valence-electron chi connectivity index (χ3n) is 7.31. The summed E-state index contributed by atoms with van der Waals surface area (Å²) in [5.41, 5.74) is 1.78. The summed E-state index contributed by atoms with van der Waals surface area (Å²) in [5, 5.41) is 4.69. The maximum atomic E-state index is 12.9. The van der Waals surface area contributed by atoms with Gasteiger partial charge in [-0.3, -0.25) is 23.9 Å². The monoisotopic (exact) mass is 501 g/mol. The third-order valence-corrected chi connectivity index (χ3v) is 7.31. The second-order valence-corrected chi connectivity index (χ2v) is 9.59. The van der Waals surface area contributed by atoms with Gasteiger partial charge in [0.15, 0.2) is 0 Å². The molecule has 2 aliphatic heterocycles. The van der Waals surface area contributed by atoms with Crippen LogP contribution < -0.4 is 5.69 Å². The molecule has 0 saturated carbocycles. The van der Waals surface area contributed by atoms with Crippen LogP contribution in [0.15, 0.2) is 59.4 Å². The molecule has 37 heavy (non-hydrogen) atoms. The molecule has 0 spiro atoms. The lowest BCUT2D eigenvalue weighted by Gasteiger charge is -2.31. The lowest BCUT2D eigenvalue weighted by atomic mass is 9.95. The smallest absolute Gasteiger partial charge is 0.343 e. The van der Waals surface area contributed by atoms with E-state index in [0.29, 0.717) is 43.7 Å². The van der Waals surface area contributed by atoms with E-state index in [-0.39, 0.29) is 42.3 Å². The van der Waals surface area contributed by atoms with Gasteiger partial charge in [0.1, 0.15) is 5.82 Å². The molecule has 0 radical (unpaired) electrons. The topological polar surface area (TPSA) is 97.5 Å². The summed E-state index contributed by atoms with van der Waals surface area (Å²) in [6.45, 7) is 4.37. The lowest BCUT2D eigenvalue weighted by molar-refractivity contribution is -0.132. The average molecular weight is 502 g/mol. The number of carbonyl (C=O) groups is 3. The molecule has 1 saturated heterocycles. The highest BCUT2D eigenvalue weighted by atomic mass is 16.2. The highest BCUT2D eigenvalue weighted by Gasteiger charge is 2.35. The highest BCUT2D eigenvalue weighted by Crippen LogP contribution is 2.27. The van der Waals surface area contributed by atoms with Crippen molar-refractivity contribution in [3.63, 3.8) is 0 Å². The number of fused-ring (bicyclic) bond motifs is 1. The Morgan fingerprint density at radius 2 is 1.54 bits per heavy atom. The predicted octanol–water partition coefficient (Wildman–Crippen LogP) is 2.90. The Kier molecular flexibility index (Phi) is 7.03. The van der Waals surface area contributed by atoms with Gasteiger partial charge in [-0.1, -0.05) is 42.5 Å². The van der Waals surface area contributed by atoms with E-state index in [0.717, 1.165) is 24.2 Å². The number of hydrogen-bond acceptors (Lipinski definition) is 5. The molecule has 0 bridgehead atoms. The molecule has 0 N–H and O–H groups in total. The van der Waals surface area contributed by atoms with Crippen molar-refractivity contribution in [3.8, 4) is 0 Å². The van der Waals surface area contributed by atoms with Gasteiger partial charge in [0.05, 0.1) is 17.7 Å². The van der Waals surface area contributed by atoms with Gasteiger partial charge < -0.3 is 4.90 Å². The molecule has 3 aromatic rings. The third kappa shape index (κ3) is 4.85. The highest BCUT2D eigenvalue weighted by molar-refractivity contribution is 6.21. The van der Waals surface area contributed by atoms with Crippen LogP contribution in [0.3, 0.4) is 0 Å². The van der Waals surface area contributed by atoms with Gasteiger partial charge in [0.25, 0.3) is 11.8 Å². The SMILES string of the molecule is CCn1c(C2CCN(C(=O)CCCN3C(=O)c4ccccc4C3=O)CC2)nn(Cc2ccccc2)c1=O. The first-order valence-electron chi connectivity index (χ1n) is 12.9. The van der Waals surface area contributed by atoms with E-state index in [1.54, 1.807) is 28.8 Å². The Morgan fingerprint density at radius 3 is 2.16 bits per heavy atom. The molecule has 9 nitrogen and oxygen atoms in total. The van der Waals surface area contributed by atoms with E-state index in [4.69, 9.17) is 0 Å². The number of imide groups is 1. The normalized spacial score (nSPS) is 15.9. The van der Waals surface area contributed by atoms with Crippen molar-refractivity contribution in [2.24, 2.45) is 0 Å². The Bertz CT molecular complexity index is 1330. The molecule has 2 aliphatic rings. The van der Waals surface area contributed by atoms with Crippen LogP contribution in [-0.2, 0) is 17.9 Å². The van der Waals surface area contributed by atoms with Crippen molar-refractivity contribution in [2.45, 2.75) is 51.6 Å². The van der Waals surface area contributed by atoms with Crippen molar-refractivity contribution in [2.75, 3.05) is 19.6 Å². The lowest BCUT2D eigenvalue weighted by Crippen LogP contribution is -2.39. The van der Waals surface area contributed by atoms with E-state index in [2.05, 4.69) is 5.10 Å². The first-order chi connectivity index (χ1) is 18.0. The summed E-state index contributed by atoms with van der Waals surface area (Å²) in [6.07, 6.45) is 2.20. The standard InChI is InChI=1S/C28H31N5O4/c1-2-31-25(29-33(28(31)37)19-20-9-4-3-5-10-20)21-14-17-30(18-15-21)24(34)13-8-16-32-26(35)22-11-6-7-12-23(22)27(32)36/h3-7,9-12,21H,2,8,13-19H2,1H3. The van der Waals surface area contributed by atoms with Gasteiger partial charge in [-0.05, 0) is 43.9 Å². The van der Waals surface area contributed by atoms with Crippen LogP contribution in [0, 0.1) is 0 Å². The van der Waals surface area contributed by atoms with E-state index in [9.17, 15) is 19.2 Å². The number of amides is 3. The van der Waals surface area contributed by atoms with Crippen molar-refractivity contribution in [1.82, 2.24) is 24.1 Å². The summed E-state index contributed by atoms with van der Waals surface area (Å²) >= 11 is 0. The zero-order valence-electron chi connectivity index (χ0n) is 21.0. The van der Waals surface area contributed by atoms with Crippen LogP contribution in [0.4, 0.5) is 0 Å². The summed E-state index contributed by atoms with van der Waals surface area (Å²) in [7, 11) is 0. The second-order valence-electron chi connectivity index (χ2n) is 9.59. The van der Waals surface area contributed by atoms with Gasteiger partial charge >= 0.3 is 5.69 Å². The van der Waals surface area contributed by atoms with Crippen LogP contribution in [0.5, 0.6) is 0 Å². The molecule has 192 valence electrons. The minimum absolute atomic E-state index is 0.0255. The van der Waals surface area contributed by atoms with Gasteiger partial charge in [0.2, 0.25) is 5.91 Å². The van der Waals surface area contributed by atoms with Gasteiger partial charge in [-0.25, -0.2) is 9.48 Å². The number of hydrogen-bond donors (Lipinski definition) is 0. The average Bonchev–Trinajstić information content (AvgIpc) is 3.37. The zero-order valence-corrected chi connectivity index (χ0v) is 21.0. The predicted molar refractivity (Wildman–Crippen MR) is 137 cm³/mol. The van der Waals surface area contributed by atoms with Gasteiger partial charge in [-0.15, -0.1) is 0 Å². The van der Waals surface area contributed by atoms with Crippen molar-refractivity contribution >= 4 is 17.7 Å².